The molecule has 0 aliphatic heterocycles. The van der Waals surface area contributed by atoms with Gasteiger partial charge in [0.05, 0.1) is 0 Å². The van der Waals surface area contributed by atoms with E-state index in [0.717, 1.165) is 0 Å². The standard InChI is InChI=1S/C14H16/c1-10(2)12-6-7-13-8-11(3)4-5-14(13)9-12/h4-10H,1-3H3. The average molecular weight is 184 g/mol. The Morgan fingerprint density at radius 3 is 2.21 bits per heavy atom. The Morgan fingerprint density at radius 1 is 0.857 bits per heavy atom. The Bertz CT molecular complexity index is 453. The molecule has 14 heavy (non-hydrogen) atoms. The summed E-state index contributed by atoms with van der Waals surface area (Å²) >= 11 is 0. The number of hydrogen-bond acceptors (Lipinski definition) is 0. The van der Waals surface area contributed by atoms with Crippen LogP contribution in [0, 0.1) is 6.92 Å². The van der Waals surface area contributed by atoms with E-state index < -0.39 is 0 Å². The van der Waals surface area contributed by atoms with E-state index >= 15 is 0 Å². The van der Waals surface area contributed by atoms with Gasteiger partial charge in [0.1, 0.15) is 0 Å². The molecule has 0 radical (unpaired) electrons. The zero-order valence-electron chi connectivity index (χ0n) is 9.04. The molecule has 0 amide bonds. The van der Waals surface area contributed by atoms with Crippen LogP contribution in [-0.2, 0) is 0 Å². The highest BCUT2D eigenvalue weighted by Gasteiger charge is 2.00. The predicted octanol–water partition coefficient (Wildman–Crippen LogP) is 4.27. The Hall–Kier alpha value is -1.30. The van der Waals surface area contributed by atoms with Gasteiger partial charge < -0.3 is 0 Å². The van der Waals surface area contributed by atoms with E-state index in [1.54, 1.807) is 0 Å². The van der Waals surface area contributed by atoms with Crippen LogP contribution >= 0.6 is 0 Å². The summed E-state index contributed by atoms with van der Waals surface area (Å²) < 4.78 is 0. The fourth-order valence-electron chi connectivity index (χ4n) is 1.74. The van der Waals surface area contributed by atoms with Gasteiger partial charge in [0.15, 0.2) is 0 Å². The fraction of sp³-hybridized carbons (Fsp3) is 0.286. The van der Waals surface area contributed by atoms with Crippen molar-refractivity contribution >= 4 is 10.8 Å². The second kappa shape index (κ2) is 3.45. The third kappa shape index (κ3) is 1.65. The van der Waals surface area contributed by atoms with Crippen LogP contribution in [0.4, 0.5) is 0 Å². The molecule has 72 valence electrons. The van der Waals surface area contributed by atoms with Crippen LogP contribution in [0.15, 0.2) is 36.4 Å². The highest BCUT2D eigenvalue weighted by molar-refractivity contribution is 5.83. The quantitative estimate of drug-likeness (QED) is 0.620. The van der Waals surface area contributed by atoms with Crippen LogP contribution in [0.5, 0.6) is 0 Å². The van der Waals surface area contributed by atoms with Crippen molar-refractivity contribution in [1.82, 2.24) is 0 Å². The molecule has 0 fully saturated rings. The van der Waals surface area contributed by atoms with Gasteiger partial charge in [0.25, 0.3) is 0 Å². The minimum Gasteiger partial charge on any atom is -0.0587 e. The first-order chi connectivity index (χ1) is 6.66. The first-order valence-electron chi connectivity index (χ1n) is 5.17. The van der Waals surface area contributed by atoms with Gasteiger partial charge in [0.2, 0.25) is 0 Å². The van der Waals surface area contributed by atoms with Gasteiger partial charge in [-0.1, -0.05) is 55.8 Å². The van der Waals surface area contributed by atoms with Gasteiger partial charge in [-0.2, -0.15) is 0 Å². The highest BCUT2D eigenvalue weighted by atomic mass is 14.0. The molecule has 0 heteroatoms. The minimum atomic E-state index is 0.612. The van der Waals surface area contributed by atoms with Crippen molar-refractivity contribution in [3.8, 4) is 0 Å². The van der Waals surface area contributed by atoms with Gasteiger partial charge in [0, 0.05) is 0 Å². The number of hydrogen-bond donors (Lipinski definition) is 0. The number of fused-ring (bicyclic) bond motifs is 1. The molecule has 0 aliphatic rings. The smallest absolute Gasteiger partial charge is 0.0181 e. The van der Waals surface area contributed by atoms with E-state index in [1.165, 1.54) is 21.9 Å². The lowest BCUT2D eigenvalue weighted by atomic mass is 9.98. The lowest BCUT2D eigenvalue weighted by Gasteiger charge is -2.07. The van der Waals surface area contributed by atoms with Crippen LogP contribution in [-0.4, -0.2) is 0 Å². The summed E-state index contributed by atoms with van der Waals surface area (Å²) in [6, 6.07) is 13.4. The molecule has 2 aromatic rings. The normalized spacial score (nSPS) is 11.1. The van der Waals surface area contributed by atoms with Gasteiger partial charge in [-0.3, -0.25) is 0 Å². The second-order valence-electron chi connectivity index (χ2n) is 4.26. The summed E-state index contributed by atoms with van der Waals surface area (Å²) in [5.41, 5.74) is 2.75. The maximum atomic E-state index is 2.29. The molecule has 0 heterocycles. The van der Waals surface area contributed by atoms with Crippen LogP contribution < -0.4 is 0 Å². The van der Waals surface area contributed by atoms with E-state index in [2.05, 4.69) is 57.2 Å². The summed E-state index contributed by atoms with van der Waals surface area (Å²) in [7, 11) is 0. The average Bonchev–Trinajstić information content (AvgIpc) is 2.16. The van der Waals surface area contributed by atoms with E-state index in [9.17, 15) is 0 Å². The summed E-state index contributed by atoms with van der Waals surface area (Å²) in [5.74, 6) is 0.612. The Kier molecular flexibility index (Phi) is 2.28. The van der Waals surface area contributed by atoms with E-state index in [1.807, 2.05) is 0 Å². The molecule has 0 aliphatic carbocycles. The fourth-order valence-corrected chi connectivity index (χ4v) is 1.74. The molecular formula is C14H16. The van der Waals surface area contributed by atoms with Crippen molar-refractivity contribution in [3.05, 3.63) is 47.5 Å². The summed E-state index contributed by atoms with van der Waals surface area (Å²) in [6.07, 6.45) is 0. The number of benzene rings is 2. The van der Waals surface area contributed by atoms with E-state index in [0.29, 0.717) is 5.92 Å². The largest absolute Gasteiger partial charge is 0.0587 e. The molecular weight excluding hydrogens is 168 g/mol. The maximum Gasteiger partial charge on any atom is -0.0181 e. The Labute approximate surface area is 85.6 Å². The molecule has 2 rings (SSSR count). The highest BCUT2D eigenvalue weighted by Crippen LogP contribution is 2.21. The molecule has 0 unspecified atom stereocenters. The van der Waals surface area contributed by atoms with Crippen molar-refractivity contribution < 1.29 is 0 Å². The van der Waals surface area contributed by atoms with Crippen molar-refractivity contribution in [2.24, 2.45) is 0 Å². The summed E-state index contributed by atoms with van der Waals surface area (Å²) in [6.45, 7) is 6.60. The second-order valence-corrected chi connectivity index (χ2v) is 4.26. The summed E-state index contributed by atoms with van der Waals surface area (Å²) in [4.78, 5) is 0. The van der Waals surface area contributed by atoms with Gasteiger partial charge >= 0.3 is 0 Å². The third-order valence-corrected chi connectivity index (χ3v) is 2.69. The third-order valence-electron chi connectivity index (χ3n) is 2.69. The van der Waals surface area contributed by atoms with Crippen LogP contribution in [0.1, 0.15) is 30.9 Å². The van der Waals surface area contributed by atoms with Crippen LogP contribution in [0.2, 0.25) is 0 Å². The molecule has 0 saturated heterocycles. The summed E-state index contributed by atoms with van der Waals surface area (Å²) in [5, 5.41) is 2.69. The lowest BCUT2D eigenvalue weighted by molar-refractivity contribution is 0.869. The monoisotopic (exact) mass is 184 g/mol. The number of aryl methyl sites for hydroxylation is 1. The van der Waals surface area contributed by atoms with E-state index in [-0.39, 0.29) is 0 Å². The molecule has 0 bridgehead atoms. The number of rotatable bonds is 1. The van der Waals surface area contributed by atoms with Crippen molar-refractivity contribution in [3.63, 3.8) is 0 Å². The lowest BCUT2D eigenvalue weighted by Crippen LogP contribution is -1.86. The molecule has 2 aromatic carbocycles. The van der Waals surface area contributed by atoms with Gasteiger partial charge in [-0.15, -0.1) is 0 Å². The topological polar surface area (TPSA) is 0 Å². The van der Waals surface area contributed by atoms with Crippen molar-refractivity contribution in [2.75, 3.05) is 0 Å². The molecule has 0 saturated carbocycles. The van der Waals surface area contributed by atoms with Crippen LogP contribution in [0.25, 0.3) is 10.8 Å². The zero-order chi connectivity index (χ0) is 10.1. The maximum absolute atomic E-state index is 2.29. The SMILES string of the molecule is Cc1ccc2cc(C(C)C)ccc2c1. The van der Waals surface area contributed by atoms with Crippen LogP contribution in [0.3, 0.4) is 0 Å². The Balaban J connectivity index is 2.62. The molecule has 0 spiro atoms. The first kappa shape index (κ1) is 9.26. The molecule has 0 N–H and O–H groups in total. The first-order valence-corrected chi connectivity index (χ1v) is 5.17. The van der Waals surface area contributed by atoms with Gasteiger partial charge in [-0.25, -0.2) is 0 Å². The van der Waals surface area contributed by atoms with E-state index in [4.69, 9.17) is 0 Å². The predicted molar refractivity (Wildman–Crippen MR) is 62.8 cm³/mol. The molecule has 0 nitrogen and oxygen atoms in total. The minimum absolute atomic E-state index is 0.612. The Morgan fingerprint density at radius 2 is 1.50 bits per heavy atom. The van der Waals surface area contributed by atoms with Crippen molar-refractivity contribution in [2.45, 2.75) is 26.7 Å². The molecule has 0 aromatic heterocycles. The van der Waals surface area contributed by atoms with Crippen molar-refractivity contribution in [1.29, 1.82) is 0 Å². The zero-order valence-corrected chi connectivity index (χ0v) is 9.04. The van der Waals surface area contributed by atoms with Gasteiger partial charge in [-0.05, 0) is 29.2 Å². The molecule has 0 atom stereocenters.